The zero-order valence-corrected chi connectivity index (χ0v) is 19.1. The van der Waals surface area contributed by atoms with Crippen LogP contribution in [0.2, 0.25) is 5.15 Å². The molecule has 4 aromatic rings. The van der Waals surface area contributed by atoms with Crippen LogP contribution in [0.5, 0.6) is 0 Å². The van der Waals surface area contributed by atoms with E-state index in [1.54, 1.807) is 24.3 Å². The number of aryl methyl sites for hydroxylation is 1. The summed E-state index contributed by atoms with van der Waals surface area (Å²) in [5.74, 6) is -2.32. The summed E-state index contributed by atoms with van der Waals surface area (Å²) < 4.78 is 14.3. The van der Waals surface area contributed by atoms with Crippen molar-refractivity contribution >= 4 is 23.4 Å². The smallest absolute Gasteiger partial charge is 0.335 e. The topological polar surface area (TPSA) is 67.3 Å². The minimum atomic E-state index is -0.973. The van der Waals surface area contributed by atoms with E-state index in [-0.39, 0.29) is 34.4 Å². The predicted octanol–water partition coefficient (Wildman–Crippen LogP) is 6.95. The van der Waals surface area contributed by atoms with Crippen LogP contribution in [0.3, 0.4) is 0 Å². The Morgan fingerprint density at radius 2 is 1.59 bits per heavy atom. The largest absolute Gasteiger partial charge is 0.478 e. The van der Waals surface area contributed by atoms with Crippen molar-refractivity contribution in [3.05, 3.63) is 124 Å². The van der Waals surface area contributed by atoms with Crippen molar-refractivity contribution in [1.82, 2.24) is 4.98 Å². The molecule has 34 heavy (non-hydrogen) atoms. The van der Waals surface area contributed by atoms with Gasteiger partial charge in [-0.2, -0.15) is 0 Å². The Bertz CT molecular complexity index is 1350. The van der Waals surface area contributed by atoms with Gasteiger partial charge in [-0.3, -0.25) is 4.79 Å². The highest BCUT2D eigenvalue weighted by Crippen LogP contribution is 2.33. The summed E-state index contributed by atoms with van der Waals surface area (Å²) in [6, 6.07) is 23.5. The Hall–Kier alpha value is -3.83. The van der Waals surface area contributed by atoms with Crippen molar-refractivity contribution in [1.29, 1.82) is 0 Å². The number of nitrogens with zero attached hydrogens (tertiary/aromatic N) is 1. The highest BCUT2D eigenvalue weighted by Gasteiger charge is 2.23. The van der Waals surface area contributed by atoms with Gasteiger partial charge in [-0.15, -0.1) is 0 Å². The molecule has 0 amide bonds. The lowest BCUT2D eigenvalue weighted by atomic mass is 9.83. The van der Waals surface area contributed by atoms with Crippen LogP contribution in [0.4, 0.5) is 4.39 Å². The first-order valence-corrected chi connectivity index (χ1v) is 11.0. The number of rotatable bonds is 7. The van der Waals surface area contributed by atoms with Gasteiger partial charge in [-0.05, 0) is 52.9 Å². The standard InChI is InChI=1S/C28H21ClFNO3/c1-17-4-2-3-5-22(17)23(14-26(32)24-15-27(29)31-16-25(24)30)20-10-6-18(7-11-20)19-8-12-21(13-9-19)28(33)34/h2-13,15-16,23H,14H2,1H3,(H,33,34). The lowest BCUT2D eigenvalue weighted by molar-refractivity contribution is 0.0696. The number of ketones is 1. The summed E-state index contributed by atoms with van der Waals surface area (Å²) >= 11 is 5.90. The van der Waals surface area contributed by atoms with Crippen LogP contribution < -0.4 is 0 Å². The van der Waals surface area contributed by atoms with Crippen LogP contribution >= 0.6 is 11.6 Å². The summed E-state index contributed by atoms with van der Waals surface area (Å²) in [5, 5.41) is 9.16. The average Bonchev–Trinajstić information content (AvgIpc) is 2.84. The molecule has 0 fully saturated rings. The second kappa shape index (κ2) is 9.98. The fraction of sp³-hybridized carbons (Fsp3) is 0.107. The maximum absolute atomic E-state index is 14.3. The van der Waals surface area contributed by atoms with Gasteiger partial charge in [0.25, 0.3) is 0 Å². The SMILES string of the molecule is Cc1ccccc1C(CC(=O)c1cc(Cl)ncc1F)c1ccc(-c2ccc(C(=O)O)cc2)cc1. The van der Waals surface area contributed by atoms with Gasteiger partial charge in [0.15, 0.2) is 11.6 Å². The zero-order valence-electron chi connectivity index (χ0n) is 18.3. The van der Waals surface area contributed by atoms with Crippen molar-refractivity contribution in [3.8, 4) is 11.1 Å². The van der Waals surface area contributed by atoms with Crippen LogP contribution in [-0.2, 0) is 0 Å². The van der Waals surface area contributed by atoms with Crippen molar-refractivity contribution in [2.75, 3.05) is 0 Å². The zero-order chi connectivity index (χ0) is 24.2. The Balaban J connectivity index is 1.68. The van der Waals surface area contributed by atoms with E-state index < -0.39 is 11.8 Å². The lowest BCUT2D eigenvalue weighted by Crippen LogP contribution is -2.12. The fourth-order valence-electron chi connectivity index (χ4n) is 4.02. The maximum atomic E-state index is 14.3. The molecule has 4 rings (SSSR count). The molecule has 0 saturated carbocycles. The number of carbonyl (C=O) groups excluding carboxylic acids is 1. The predicted molar refractivity (Wildman–Crippen MR) is 130 cm³/mol. The molecule has 0 spiro atoms. The highest BCUT2D eigenvalue weighted by atomic mass is 35.5. The summed E-state index contributed by atoms with van der Waals surface area (Å²) in [7, 11) is 0. The summed E-state index contributed by atoms with van der Waals surface area (Å²) in [4.78, 5) is 27.9. The van der Waals surface area contributed by atoms with Gasteiger partial charge in [0.05, 0.1) is 17.3 Å². The number of aromatic nitrogens is 1. The number of aromatic carboxylic acids is 1. The minimum Gasteiger partial charge on any atom is -0.478 e. The third-order valence-corrected chi connectivity index (χ3v) is 6.06. The molecule has 4 nitrogen and oxygen atoms in total. The lowest BCUT2D eigenvalue weighted by Gasteiger charge is -2.20. The summed E-state index contributed by atoms with van der Waals surface area (Å²) in [6.45, 7) is 1.98. The van der Waals surface area contributed by atoms with Gasteiger partial charge >= 0.3 is 5.97 Å². The molecular weight excluding hydrogens is 453 g/mol. The average molecular weight is 474 g/mol. The van der Waals surface area contributed by atoms with Crippen LogP contribution in [0.1, 0.15) is 49.7 Å². The molecule has 1 atom stereocenters. The normalized spacial score (nSPS) is 11.7. The Morgan fingerprint density at radius 3 is 2.21 bits per heavy atom. The molecule has 0 radical (unpaired) electrons. The number of pyridine rings is 1. The number of hydrogen-bond donors (Lipinski definition) is 1. The first-order valence-electron chi connectivity index (χ1n) is 10.7. The van der Waals surface area contributed by atoms with Crippen LogP contribution in [0.25, 0.3) is 11.1 Å². The van der Waals surface area contributed by atoms with Crippen LogP contribution in [0, 0.1) is 12.7 Å². The van der Waals surface area contributed by atoms with Crippen LogP contribution in [0.15, 0.2) is 85.1 Å². The van der Waals surface area contributed by atoms with Crippen molar-refractivity contribution in [2.24, 2.45) is 0 Å². The quantitative estimate of drug-likeness (QED) is 0.233. The molecule has 0 aliphatic carbocycles. The fourth-order valence-corrected chi connectivity index (χ4v) is 4.18. The van der Waals surface area contributed by atoms with Gasteiger partial charge in [-0.1, -0.05) is 72.3 Å². The van der Waals surface area contributed by atoms with Gasteiger partial charge in [-0.25, -0.2) is 14.2 Å². The van der Waals surface area contributed by atoms with E-state index in [0.717, 1.165) is 34.0 Å². The van der Waals surface area contributed by atoms with E-state index >= 15 is 0 Å². The van der Waals surface area contributed by atoms with Gasteiger partial charge < -0.3 is 5.11 Å². The molecule has 1 heterocycles. The van der Waals surface area contributed by atoms with E-state index in [1.165, 1.54) is 6.07 Å². The van der Waals surface area contributed by atoms with Gasteiger partial charge in [0, 0.05) is 12.3 Å². The maximum Gasteiger partial charge on any atom is 0.335 e. The third kappa shape index (κ3) is 5.05. The van der Waals surface area contributed by atoms with Crippen molar-refractivity contribution in [3.63, 3.8) is 0 Å². The molecule has 0 bridgehead atoms. The van der Waals surface area contributed by atoms with Crippen LogP contribution in [-0.4, -0.2) is 21.8 Å². The molecule has 1 unspecified atom stereocenters. The number of carbonyl (C=O) groups is 2. The molecule has 0 aliphatic rings. The van der Waals surface area contributed by atoms with E-state index in [0.29, 0.717) is 0 Å². The third-order valence-electron chi connectivity index (χ3n) is 5.85. The number of benzene rings is 3. The molecule has 6 heteroatoms. The number of halogens is 2. The summed E-state index contributed by atoms with van der Waals surface area (Å²) in [6.07, 6.45) is 1.03. The van der Waals surface area contributed by atoms with Crippen molar-refractivity contribution in [2.45, 2.75) is 19.3 Å². The molecule has 1 N–H and O–H groups in total. The van der Waals surface area contributed by atoms with E-state index in [4.69, 9.17) is 16.7 Å². The van der Waals surface area contributed by atoms with E-state index in [9.17, 15) is 14.0 Å². The second-order valence-corrected chi connectivity index (χ2v) is 8.42. The summed E-state index contributed by atoms with van der Waals surface area (Å²) in [5.41, 5.74) is 4.87. The van der Waals surface area contributed by atoms with Gasteiger partial charge in [0.1, 0.15) is 5.15 Å². The monoisotopic (exact) mass is 473 g/mol. The highest BCUT2D eigenvalue weighted by molar-refractivity contribution is 6.29. The first-order chi connectivity index (χ1) is 16.3. The number of hydrogen-bond acceptors (Lipinski definition) is 3. The molecular formula is C28H21ClFNO3. The molecule has 170 valence electrons. The molecule has 3 aromatic carbocycles. The van der Waals surface area contributed by atoms with E-state index in [1.807, 2.05) is 55.5 Å². The minimum absolute atomic E-state index is 0.0643. The Labute approximate surface area is 201 Å². The second-order valence-electron chi connectivity index (χ2n) is 8.03. The number of carboxylic acid groups (broad SMARTS) is 1. The Morgan fingerprint density at radius 1 is 0.971 bits per heavy atom. The van der Waals surface area contributed by atoms with Crippen molar-refractivity contribution < 1.29 is 19.1 Å². The molecule has 1 aromatic heterocycles. The molecule has 0 saturated heterocycles. The number of carboxylic acids is 1. The number of Topliss-reactive ketones (excluding diaryl/α,β-unsaturated/α-hetero) is 1. The Kier molecular flexibility index (Phi) is 6.85. The van der Waals surface area contributed by atoms with Gasteiger partial charge in [0.2, 0.25) is 0 Å². The molecule has 0 aliphatic heterocycles. The first kappa shape index (κ1) is 23.3. The van der Waals surface area contributed by atoms with E-state index in [2.05, 4.69) is 4.98 Å².